The largest absolute Gasteiger partial charge is 0.495 e. The number of benzene rings is 2. The smallest absolute Gasteiger partial charge is 0.159 e. The summed E-state index contributed by atoms with van der Waals surface area (Å²) in [5, 5.41) is 40.0. The molecule has 1 aliphatic rings. The van der Waals surface area contributed by atoms with Gasteiger partial charge in [-0.3, -0.25) is 0 Å². The van der Waals surface area contributed by atoms with Crippen molar-refractivity contribution in [3.8, 4) is 11.8 Å². The van der Waals surface area contributed by atoms with Crippen LogP contribution in [0.5, 0.6) is 5.75 Å². The van der Waals surface area contributed by atoms with Crippen LogP contribution in [0.3, 0.4) is 0 Å². The van der Waals surface area contributed by atoms with Crippen molar-refractivity contribution in [1.82, 2.24) is 10.2 Å². The van der Waals surface area contributed by atoms with Crippen LogP contribution in [-0.4, -0.2) is 53.8 Å². The maximum Gasteiger partial charge on any atom is 0.159 e. The van der Waals surface area contributed by atoms with Crippen molar-refractivity contribution in [2.45, 2.75) is 19.3 Å². The van der Waals surface area contributed by atoms with Crippen LogP contribution in [0.15, 0.2) is 30.3 Å². The Morgan fingerprint density at radius 1 is 1.18 bits per heavy atom. The summed E-state index contributed by atoms with van der Waals surface area (Å²) in [6, 6.07) is 11.2. The average Bonchev–Trinajstić information content (AvgIpc) is 2.84. The van der Waals surface area contributed by atoms with Crippen molar-refractivity contribution < 1.29 is 14.9 Å². The number of hydrogen-bond acceptors (Lipinski definition) is 8. The number of aliphatic hydroxyl groups is 2. The van der Waals surface area contributed by atoms with Gasteiger partial charge < -0.3 is 25.6 Å². The molecule has 0 atom stereocenters. The van der Waals surface area contributed by atoms with Gasteiger partial charge in [0.25, 0.3) is 0 Å². The molecule has 0 radical (unpaired) electrons. The first kappa shape index (κ1) is 23.1. The first-order valence-electron chi connectivity index (χ1n) is 10.7. The Hall–Kier alpha value is -3.12. The summed E-state index contributed by atoms with van der Waals surface area (Å²) in [6.07, 6.45) is 1.72. The van der Waals surface area contributed by atoms with Crippen LogP contribution in [0, 0.1) is 16.7 Å². The molecule has 0 amide bonds. The minimum atomic E-state index is -0.472. The number of aromatic nitrogens is 2. The second-order valence-corrected chi connectivity index (χ2v) is 8.89. The molecule has 0 spiro atoms. The van der Waals surface area contributed by atoms with Gasteiger partial charge >= 0.3 is 0 Å². The van der Waals surface area contributed by atoms with Crippen LogP contribution in [-0.2, 0) is 6.42 Å². The second kappa shape index (κ2) is 9.40. The summed E-state index contributed by atoms with van der Waals surface area (Å²) in [5.74, 6) is 1.27. The van der Waals surface area contributed by atoms with E-state index in [1.54, 1.807) is 19.2 Å². The SMILES string of the molecule is COc1ccc(Cc2nnc(N3CCC(CO)(CO)CC3)c3ccc(C#N)c(N)c23)cc1Cl. The standard InChI is InChI=1S/C24H26ClN5O3/c1-33-20-5-2-15(10-18(20)25)11-19-21-17(4-3-16(12-26)22(21)27)23(29-28-19)30-8-6-24(13-31,14-32)7-9-30/h2-5,10,31-32H,6-9,11,13-14,27H2,1H3. The number of aliphatic hydroxyl groups excluding tert-OH is 2. The first-order chi connectivity index (χ1) is 15.9. The summed E-state index contributed by atoms with van der Waals surface area (Å²) in [5.41, 5.74) is 8.28. The quantitative estimate of drug-likeness (QED) is 0.472. The van der Waals surface area contributed by atoms with Crippen LogP contribution in [0.1, 0.15) is 29.7 Å². The van der Waals surface area contributed by atoms with Gasteiger partial charge in [-0.15, -0.1) is 5.10 Å². The fraction of sp³-hybridized carbons (Fsp3) is 0.375. The molecule has 4 rings (SSSR count). The van der Waals surface area contributed by atoms with Crippen LogP contribution in [0.2, 0.25) is 5.02 Å². The number of methoxy groups -OCH3 is 1. The molecule has 33 heavy (non-hydrogen) atoms. The molecule has 1 fully saturated rings. The third kappa shape index (κ3) is 4.27. The molecule has 1 aliphatic heterocycles. The van der Waals surface area contributed by atoms with E-state index in [1.165, 1.54) is 0 Å². The van der Waals surface area contributed by atoms with Crippen molar-refractivity contribution in [1.29, 1.82) is 5.26 Å². The highest BCUT2D eigenvalue weighted by Gasteiger charge is 2.34. The average molecular weight is 468 g/mol. The summed E-state index contributed by atoms with van der Waals surface area (Å²) < 4.78 is 5.23. The van der Waals surface area contributed by atoms with Gasteiger partial charge in [0.1, 0.15) is 11.8 Å². The van der Waals surface area contributed by atoms with Crippen molar-refractivity contribution in [3.63, 3.8) is 0 Å². The van der Waals surface area contributed by atoms with Crippen LogP contribution < -0.4 is 15.4 Å². The molecule has 172 valence electrons. The van der Waals surface area contributed by atoms with Gasteiger partial charge in [0.2, 0.25) is 0 Å². The van der Waals surface area contributed by atoms with Gasteiger partial charge in [-0.1, -0.05) is 17.7 Å². The lowest BCUT2D eigenvalue weighted by Gasteiger charge is -2.40. The molecule has 4 N–H and O–H groups in total. The molecule has 9 heteroatoms. The molecule has 0 saturated carbocycles. The van der Waals surface area contributed by atoms with E-state index >= 15 is 0 Å². The normalized spacial score (nSPS) is 15.4. The molecular weight excluding hydrogens is 442 g/mol. The van der Waals surface area contributed by atoms with E-state index in [4.69, 9.17) is 22.1 Å². The highest BCUT2D eigenvalue weighted by Crippen LogP contribution is 2.37. The number of nitrogens with two attached hydrogens (primary N) is 1. The summed E-state index contributed by atoms with van der Waals surface area (Å²) in [6.45, 7) is 1.15. The van der Waals surface area contributed by atoms with E-state index in [-0.39, 0.29) is 13.2 Å². The number of hydrogen-bond donors (Lipinski definition) is 3. The molecular formula is C24H26ClN5O3. The van der Waals surface area contributed by atoms with E-state index in [0.717, 1.165) is 10.9 Å². The Morgan fingerprint density at radius 2 is 1.91 bits per heavy atom. The van der Waals surface area contributed by atoms with E-state index in [0.29, 0.717) is 71.3 Å². The molecule has 1 saturated heterocycles. The van der Waals surface area contributed by atoms with Crippen molar-refractivity contribution >= 4 is 33.9 Å². The van der Waals surface area contributed by atoms with E-state index in [1.807, 2.05) is 18.2 Å². The minimum absolute atomic E-state index is 0.0500. The first-order valence-corrected chi connectivity index (χ1v) is 11.1. The maximum absolute atomic E-state index is 9.72. The Bertz CT molecular complexity index is 1210. The highest BCUT2D eigenvalue weighted by molar-refractivity contribution is 6.32. The summed E-state index contributed by atoms with van der Waals surface area (Å²) >= 11 is 6.30. The van der Waals surface area contributed by atoms with Crippen molar-refractivity contribution in [2.75, 3.05) is 44.0 Å². The lowest BCUT2D eigenvalue weighted by atomic mass is 9.80. The molecule has 3 aromatic rings. The number of rotatable bonds is 6. The summed E-state index contributed by atoms with van der Waals surface area (Å²) in [7, 11) is 1.56. The van der Waals surface area contributed by atoms with Gasteiger partial charge in [0, 0.05) is 35.7 Å². The Balaban J connectivity index is 1.76. The topological polar surface area (TPSA) is 129 Å². The van der Waals surface area contributed by atoms with Crippen LogP contribution in [0.25, 0.3) is 10.8 Å². The summed E-state index contributed by atoms with van der Waals surface area (Å²) in [4.78, 5) is 2.10. The number of piperidine rings is 1. The number of nitriles is 1. The third-order valence-corrected chi connectivity index (χ3v) is 6.84. The van der Waals surface area contributed by atoms with Gasteiger partial charge in [-0.2, -0.15) is 10.4 Å². The zero-order chi connectivity index (χ0) is 23.6. The molecule has 2 aromatic carbocycles. The van der Waals surface area contributed by atoms with Gasteiger partial charge in [0.05, 0.1) is 42.3 Å². The molecule has 0 aliphatic carbocycles. The number of nitrogen functional groups attached to an aromatic ring is 1. The zero-order valence-electron chi connectivity index (χ0n) is 18.4. The van der Waals surface area contributed by atoms with Crippen molar-refractivity contribution in [3.05, 3.63) is 52.2 Å². The number of anilines is 2. The predicted molar refractivity (Wildman–Crippen MR) is 128 cm³/mol. The molecule has 8 nitrogen and oxygen atoms in total. The molecule has 1 aromatic heterocycles. The van der Waals surface area contributed by atoms with E-state index < -0.39 is 5.41 Å². The van der Waals surface area contributed by atoms with Crippen molar-refractivity contribution in [2.24, 2.45) is 5.41 Å². The maximum atomic E-state index is 9.72. The number of fused-ring (bicyclic) bond motifs is 1. The lowest BCUT2D eigenvalue weighted by Crippen LogP contribution is -2.44. The zero-order valence-corrected chi connectivity index (χ0v) is 19.1. The Morgan fingerprint density at radius 3 is 2.52 bits per heavy atom. The highest BCUT2D eigenvalue weighted by atomic mass is 35.5. The monoisotopic (exact) mass is 467 g/mol. The number of nitrogens with zero attached hydrogens (tertiary/aromatic N) is 4. The van der Waals surface area contributed by atoms with Gasteiger partial charge in [-0.25, -0.2) is 0 Å². The molecule has 0 bridgehead atoms. The second-order valence-electron chi connectivity index (χ2n) is 8.48. The lowest BCUT2D eigenvalue weighted by molar-refractivity contribution is 0.0340. The fourth-order valence-electron chi connectivity index (χ4n) is 4.36. The fourth-order valence-corrected chi connectivity index (χ4v) is 4.64. The third-order valence-electron chi connectivity index (χ3n) is 6.54. The molecule has 2 heterocycles. The Kier molecular flexibility index (Phi) is 6.56. The van der Waals surface area contributed by atoms with Gasteiger partial charge in [0.15, 0.2) is 5.82 Å². The Labute approximate surface area is 197 Å². The minimum Gasteiger partial charge on any atom is -0.495 e. The van der Waals surface area contributed by atoms with Crippen LogP contribution in [0.4, 0.5) is 11.5 Å². The van der Waals surface area contributed by atoms with Crippen LogP contribution >= 0.6 is 11.6 Å². The number of ether oxygens (including phenoxy) is 1. The predicted octanol–water partition coefficient (Wildman–Crippen LogP) is 2.91. The van der Waals surface area contributed by atoms with E-state index in [2.05, 4.69) is 21.2 Å². The van der Waals surface area contributed by atoms with Gasteiger partial charge in [-0.05, 0) is 42.7 Å². The molecule has 0 unspecified atom stereocenters. The number of halogens is 1. The van der Waals surface area contributed by atoms with E-state index in [9.17, 15) is 15.5 Å².